The van der Waals surface area contributed by atoms with Crippen LogP contribution in [0.1, 0.15) is 0 Å². The molecule has 0 bridgehead atoms. The Kier molecular flexibility index (Phi) is 3.31. The van der Waals surface area contributed by atoms with Gasteiger partial charge in [0.15, 0.2) is 5.03 Å². The van der Waals surface area contributed by atoms with E-state index in [0.29, 0.717) is 16.7 Å². The van der Waals surface area contributed by atoms with Gasteiger partial charge in [-0.05, 0) is 24.3 Å². The predicted octanol–water partition coefficient (Wildman–Crippen LogP) is 2.38. The molecule has 0 saturated heterocycles. The SMILES string of the molecule is O=S(=O)(c1cnc2ccccn12)n1ncc2ncc(-c3cccnc3)cc21. The van der Waals surface area contributed by atoms with Gasteiger partial charge in [0.05, 0.1) is 12.4 Å². The van der Waals surface area contributed by atoms with Crippen LogP contribution in [-0.4, -0.2) is 37.0 Å². The van der Waals surface area contributed by atoms with E-state index in [1.54, 1.807) is 49.1 Å². The third-order valence-electron chi connectivity index (χ3n) is 4.26. The van der Waals surface area contributed by atoms with Gasteiger partial charge in [-0.3, -0.25) is 14.4 Å². The standard InChI is InChI=1S/C18H12N6O2S/c25-27(26,18-12-21-17-5-1-2-7-23(17)18)24-16-8-14(10-20-15(16)11-22-24)13-4-3-6-19-9-13/h1-12H. The van der Waals surface area contributed by atoms with Crippen LogP contribution in [0.15, 0.2) is 78.6 Å². The van der Waals surface area contributed by atoms with Crippen molar-refractivity contribution < 1.29 is 8.42 Å². The van der Waals surface area contributed by atoms with Crippen LogP contribution in [0.25, 0.3) is 27.8 Å². The summed E-state index contributed by atoms with van der Waals surface area (Å²) >= 11 is 0. The van der Waals surface area contributed by atoms with Crippen molar-refractivity contribution >= 4 is 26.7 Å². The van der Waals surface area contributed by atoms with E-state index in [0.717, 1.165) is 15.2 Å². The molecule has 5 aromatic heterocycles. The minimum Gasteiger partial charge on any atom is -0.289 e. The predicted molar refractivity (Wildman–Crippen MR) is 98.5 cm³/mol. The highest BCUT2D eigenvalue weighted by Crippen LogP contribution is 2.24. The molecule has 0 aliphatic carbocycles. The van der Waals surface area contributed by atoms with E-state index in [1.807, 2.05) is 12.1 Å². The smallest absolute Gasteiger partial charge is 0.289 e. The topological polar surface area (TPSA) is 95.0 Å². The molecule has 0 saturated carbocycles. The molecule has 0 fully saturated rings. The van der Waals surface area contributed by atoms with E-state index in [1.165, 1.54) is 16.8 Å². The number of rotatable bonds is 3. The Morgan fingerprint density at radius 1 is 0.889 bits per heavy atom. The first-order valence-corrected chi connectivity index (χ1v) is 9.50. The maximum Gasteiger partial charge on any atom is 0.301 e. The average molecular weight is 376 g/mol. The number of fused-ring (bicyclic) bond motifs is 2. The molecule has 0 aliphatic heterocycles. The van der Waals surface area contributed by atoms with Crippen LogP contribution in [0.4, 0.5) is 0 Å². The fraction of sp³-hybridized carbons (Fsp3) is 0. The van der Waals surface area contributed by atoms with E-state index >= 15 is 0 Å². The third kappa shape index (κ3) is 2.40. The molecule has 0 atom stereocenters. The first-order chi connectivity index (χ1) is 13.1. The van der Waals surface area contributed by atoms with Crippen molar-refractivity contribution in [2.24, 2.45) is 0 Å². The van der Waals surface area contributed by atoms with Gasteiger partial charge in [-0.25, -0.2) is 4.98 Å². The van der Waals surface area contributed by atoms with Crippen LogP contribution in [0.3, 0.4) is 0 Å². The van der Waals surface area contributed by atoms with Crippen LogP contribution in [-0.2, 0) is 10.0 Å². The Labute approximate surface area is 153 Å². The number of imidazole rings is 1. The monoisotopic (exact) mass is 376 g/mol. The zero-order chi connectivity index (χ0) is 18.4. The van der Waals surface area contributed by atoms with E-state index in [2.05, 4.69) is 20.1 Å². The molecule has 5 aromatic rings. The zero-order valence-electron chi connectivity index (χ0n) is 13.8. The largest absolute Gasteiger partial charge is 0.301 e. The van der Waals surface area contributed by atoms with Gasteiger partial charge in [-0.1, -0.05) is 12.1 Å². The molecule has 0 aromatic carbocycles. The second kappa shape index (κ2) is 5.71. The van der Waals surface area contributed by atoms with Gasteiger partial charge in [-0.2, -0.15) is 17.6 Å². The van der Waals surface area contributed by atoms with Crippen molar-refractivity contribution in [1.29, 1.82) is 0 Å². The molecular weight excluding hydrogens is 364 g/mol. The van der Waals surface area contributed by atoms with E-state index in [9.17, 15) is 8.42 Å². The normalized spacial score (nSPS) is 12.0. The van der Waals surface area contributed by atoms with Gasteiger partial charge in [0.25, 0.3) is 0 Å². The fourth-order valence-electron chi connectivity index (χ4n) is 2.96. The molecule has 5 rings (SSSR count). The summed E-state index contributed by atoms with van der Waals surface area (Å²) in [4.78, 5) is 12.6. The lowest BCUT2D eigenvalue weighted by Crippen LogP contribution is -2.16. The van der Waals surface area contributed by atoms with Crippen molar-refractivity contribution in [3.8, 4) is 11.1 Å². The van der Waals surface area contributed by atoms with E-state index in [4.69, 9.17) is 0 Å². The molecule has 5 heterocycles. The average Bonchev–Trinajstić information content (AvgIpc) is 3.33. The molecule has 0 unspecified atom stereocenters. The summed E-state index contributed by atoms with van der Waals surface area (Å²) in [5, 5.41) is 4.11. The highest BCUT2D eigenvalue weighted by Gasteiger charge is 2.25. The Hall–Kier alpha value is -3.59. The van der Waals surface area contributed by atoms with Crippen LogP contribution >= 0.6 is 0 Å². The molecule has 0 N–H and O–H groups in total. The van der Waals surface area contributed by atoms with E-state index in [-0.39, 0.29) is 5.03 Å². The molecule has 0 amide bonds. The summed E-state index contributed by atoms with van der Waals surface area (Å²) in [6, 6.07) is 10.7. The van der Waals surface area contributed by atoms with Crippen molar-refractivity contribution in [1.82, 2.24) is 28.5 Å². The van der Waals surface area contributed by atoms with Crippen LogP contribution in [0.5, 0.6) is 0 Å². The fourth-order valence-corrected chi connectivity index (χ4v) is 4.30. The molecule has 132 valence electrons. The summed E-state index contributed by atoms with van der Waals surface area (Å²) in [5.41, 5.74) is 3.02. The Morgan fingerprint density at radius 2 is 1.81 bits per heavy atom. The molecule has 8 nitrogen and oxygen atoms in total. The van der Waals surface area contributed by atoms with Crippen LogP contribution in [0, 0.1) is 0 Å². The van der Waals surface area contributed by atoms with Gasteiger partial charge >= 0.3 is 10.0 Å². The summed E-state index contributed by atoms with van der Waals surface area (Å²) in [6.07, 6.45) is 9.46. The summed E-state index contributed by atoms with van der Waals surface area (Å²) in [5.74, 6) is 0. The molecular formula is C18H12N6O2S. The lowest BCUT2D eigenvalue weighted by Gasteiger charge is -2.06. The quantitative estimate of drug-likeness (QED) is 0.480. The zero-order valence-corrected chi connectivity index (χ0v) is 14.7. The van der Waals surface area contributed by atoms with Gasteiger partial charge in [0.2, 0.25) is 0 Å². The molecule has 27 heavy (non-hydrogen) atoms. The van der Waals surface area contributed by atoms with Crippen molar-refractivity contribution in [2.45, 2.75) is 5.03 Å². The first kappa shape index (κ1) is 15.6. The minimum atomic E-state index is -3.95. The highest BCUT2D eigenvalue weighted by atomic mass is 32.2. The van der Waals surface area contributed by atoms with Crippen molar-refractivity contribution in [2.75, 3.05) is 0 Å². The first-order valence-electron chi connectivity index (χ1n) is 8.06. The molecule has 9 heteroatoms. The van der Waals surface area contributed by atoms with Gasteiger partial charge in [-0.15, -0.1) is 0 Å². The summed E-state index contributed by atoms with van der Waals surface area (Å²) in [7, 11) is -3.95. The second-order valence-corrected chi connectivity index (χ2v) is 7.60. The molecule has 0 spiro atoms. The molecule has 0 radical (unpaired) electrons. The van der Waals surface area contributed by atoms with Gasteiger partial charge < -0.3 is 0 Å². The Bertz CT molecular complexity index is 1390. The van der Waals surface area contributed by atoms with E-state index < -0.39 is 10.0 Å². The van der Waals surface area contributed by atoms with Gasteiger partial charge in [0.1, 0.15) is 16.7 Å². The van der Waals surface area contributed by atoms with Crippen molar-refractivity contribution in [3.05, 3.63) is 73.6 Å². The molecule has 0 aliphatic rings. The number of pyridine rings is 3. The van der Waals surface area contributed by atoms with Crippen LogP contribution in [0.2, 0.25) is 0 Å². The maximum atomic E-state index is 13.2. The minimum absolute atomic E-state index is 0.0369. The van der Waals surface area contributed by atoms with Crippen LogP contribution < -0.4 is 0 Å². The number of hydrogen-bond donors (Lipinski definition) is 0. The number of hydrogen-bond acceptors (Lipinski definition) is 6. The highest BCUT2D eigenvalue weighted by molar-refractivity contribution is 7.90. The third-order valence-corrected chi connectivity index (χ3v) is 5.84. The van der Waals surface area contributed by atoms with Crippen molar-refractivity contribution in [3.63, 3.8) is 0 Å². The summed E-state index contributed by atoms with van der Waals surface area (Å²) < 4.78 is 29.0. The lowest BCUT2D eigenvalue weighted by atomic mass is 10.1. The maximum absolute atomic E-state index is 13.2. The summed E-state index contributed by atoms with van der Waals surface area (Å²) in [6.45, 7) is 0. The Balaban J connectivity index is 1.73. The number of aromatic nitrogens is 6. The Morgan fingerprint density at radius 3 is 2.67 bits per heavy atom. The lowest BCUT2D eigenvalue weighted by molar-refractivity contribution is 0.577. The second-order valence-electron chi connectivity index (χ2n) is 5.89. The van der Waals surface area contributed by atoms with Gasteiger partial charge in [0, 0.05) is 35.9 Å². The number of nitrogens with zero attached hydrogens (tertiary/aromatic N) is 6.